The molecule has 1 aromatic heterocycles. The lowest BCUT2D eigenvalue weighted by Gasteiger charge is -2.20. The first-order valence-electron chi connectivity index (χ1n) is 32.3. The summed E-state index contributed by atoms with van der Waals surface area (Å²) >= 11 is 0. The van der Waals surface area contributed by atoms with Crippen LogP contribution in [0.5, 0.6) is 5.75 Å². The summed E-state index contributed by atoms with van der Waals surface area (Å²) in [7, 11) is -0.777. The largest absolute Gasteiger partial charge is 0.492 e. The quantitative estimate of drug-likeness (QED) is 0.0106. The molecule has 0 saturated carbocycles. The van der Waals surface area contributed by atoms with Crippen molar-refractivity contribution >= 4 is 54.0 Å². The highest BCUT2D eigenvalue weighted by Gasteiger charge is 2.27. The van der Waals surface area contributed by atoms with Gasteiger partial charge in [0, 0.05) is 63.9 Å². The lowest BCUT2D eigenvalue weighted by Crippen LogP contribution is -2.38. The van der Waals surface area contributed by atoms with Crippen molar-refractivity contribution in [3.05, 3.63) is 62.9 Å². The van der Waals surface area contributed by atoms with Crippen LogP contribution in [-0.4, -0.2) is 101 Å². The fourth-order valence-electron chi connectivity index (χ4n) is 9.89. The maximum atomic E-state index is 12.9. The van der Waals surface area contributed by atoms with Crippen molar-refractivity contribution < 1.29 is 56.3 Å². The zero-order valence-corrected chi connectivity index (χ0v) is 52.9. The van der Waals surface area contributed by atoms with E-state index < -0.39 is 56.0 Å². The Hall–Kier alpha value is -5.49. The normalized spacial score (nSPS) is 12.5. The first-order valence-corrected chi connectivity index (χ1v) is 33.8. The van der Waals surface area contributed by atoms with Gasteiger partial charge in [0.25, 0.3) is 10.9 Å². The molecule has 20 heteroatoms. The van der Waals surface area contributed by atoms with Gasteiger partial charge in [0.2, 0.25) is 5.89 Å². The molecular weight excluding hydrogens is 1110 g/mol. The van der Waals surface area contributed by atoms with E-state index in [1.54, 1.807) is 18.2 Å². The molecule has 0 fully saturated rings. The Kier molecular flexibility index (Phi) is 37.3. The van der Waals surface area contributed by atoms with Crippen molar-refractivity contribution in [2.75, 3.05) is 82.3 Å². The second kappa shape index (κ2) is 44.0. The van der Waals surface area contributed by atoms with Gasteiger partial charge in [0.05, 0.1) is 13.2 Å². The number of amides is 1. The van der Waals surface area contributed by atoms with Crippen LogP contribution < -0.4 is 36.4 Å². The van der Waals surface area contributed by atoms with Gasteiger partial charge in [-0.05, 0) is 49.2 Å². The predicted molar refractivity (Wildman–Crippen MR) is 339 cm³/mol. The van der Waals surface area contributed by atoms with Gasteiger partial charge >= 0.3 is 25.9 Å². The molecule has 0 radical (unpaired) electrons. The van der Waals surface area contributed by atoms with Crippen molar-refractivity contribution in [2.24, 2.45) is 0 Å². The monoisotopic (exact) mass is 1210 g/mol. The number of carbonyl (C=O) groups excluding carboxylic acids is 3. The van der Waals surface area contributed by atoms with E-state index >= 15 is 0 Å². The van der Waals surface area contributed by atoms with Crippen LogP contribution in [0.25, 0.3) is 22.6 Å². The number of unbranched alkanes of at least 4 members (excludes halogenated alkanes) is 28. The number of nitrogens with one attached hydrogen (secondary N) is 3. The Balaban J connectivity index is 1.09. The number of benzene rings is 2. The van der Waals surface area contributed by atoms with Crippen molar-refractivity contribution in [1.82, 2.24) is 10.3 Å². The van der Waals surface area contributed by atoms with E-state index in [4.69, 9.17) is 32.4 Å². The Morgan fingerprint density at radius 3 is 1.56 bits per heavy atom. The number of fused-ring (bicyclic) bond motifs is 1. The average molecular weight is 1210 g/mol. The summed E-state index contributed by atoms with van der Waals surface area (Å²) in [6, 6.07) is 13.2. The summed E-state index contributed by atoms with van der Waals surface area (Å²) in [5, 5.41) is 8.13. The molecule has 4 rings (SSSR count). The second-order valence-electron chi connectivity index (χ2n) is 22.6. The third kappa shape index (κ3) is 31.6. The highest BCUT2D eigenvalue weighted by atomic mass is 31.2. The van der Waals surface area contributed by atoms with Gasteiger partial charge in [0.15, 0.2) is 11.7 Å². The predicted octanol–water partition coefficient (Wildman–Crippen LogP) is 14.9. The number of hydrogen-bond acceptors (Lipinski definition) is 17. The number of ether oxygens (including phenoxy) is 4. The second-order valence-corrected chi connectivity index (χ2v) is 24.0. The molecule has 2 unspecified atom stereocenters. The van der Waals surface area contributed by atoms with E-state index in [-0.39, 0.29) is 63.7 Å². The Morgan fingerprint density at radius 1 is 0.576 bits per heavy atom. The third-order valence-corrected chi connectivity index (χ3v) is 15.9. The number of hydrogen-bond donors (Lipinski definition) is 4. The van der Waals surface area contributed by atoms with Gasteiger partial charge in [-0.3, -0.25) is 28.2 Å². The van der Waals surface area contributed by atoms with Gasteiger partial charge < -0.3 is 49.1 Å². The molecule has 0 aliphatic rings. The van der Waals surface area contributed by atoms with Crippen molar-refractivity contribution in [1.29, 1.82) is 0 Å². The fourth-order valence-corrected chi connectivity index (χ4v) is 10.6. The molecule has 478 valence electrons. The summed E-state index contributed by atoms with van der Waals surface area (Å²) in [5.74, 6) is 0.0458. The van der Waals surface area contributed by atoms with Crippen molar-refractivity contribution in [2.45, 2.75) is 225 Å². The first kappa shape index (κ1) is 72.0. The van der Waals surface area contributed by atoms with Crippen LogP contribution in [0.4, 0.5) is 21.9 Å². The summed E-state index contributed by atoms with van der Waals surface area (Å²) in [6.07, 6.45) is 34.5. The smallest absolute Gasteiger partial charge is 0.472 e. The van der Waals surface area contributed by atoms with Crippen LogP contribution in [-0.2, 0) is 37.4 Å². The number of rotatable bonds is 53. The number of anilines is 3. The number of phosphoric ester groups is 1. The molecule has 1 heterocycles. The molecular formula is C65H104N5O14P. The SMILES string of the molecule is CCCCCCCCCCCCCCCCCC(=O)OCC(COP(=O)(O)OCCNC(=O)OCCNc1c(NCCOc2ccc3nc(-c4ccc(N(C)C)cc4)oc3c2)c(=O)c1=O)OC(=O)CCCCCCCCCCCCCCCCC. The van der Waals surface area contributed by atoms with Crippen LogP contribution in [0.15, 0.2) is 56.5 Å². The Morgan fingerprint density at radius 2 is 1.06 bits per heavy atom. The van der Waals surface area contributed by atoms with Gasteiger partial charge in [-0.25, -0.2) is 14.3 Å². The highest BCUT2D eigenvalue weighted by Crippen LogP contribution is 2.43. The van der Waals surface area contributed by atoms with E-state index in [2.05, 4.69) is 34.8 Å². The van der Waals surface area contributed by atoms with Crippen LogP contribution >= 0.6 is 7.82 Å². The van der Waals surface area contributed by atoms with E-state index in [9.17, 15) is 33.4 Å². The lowest BCUT2D eigenvalue weighted by molar-refractivity contribution is -0.161. The molecule has 19 nitrogen and oxygen atoms in total. The molecule has 0 aliphatic heterocycles. The van der Waals surface area contributed by atoms with Gasteiger partial charge in [-0.15, -0.1) is 0 Å². The Labute approximate surface area is 506 Å². The maximum absolute atomic E-state index is 12.9. The van der Waals surface area contributed by atoms with Crippen molar-refractivity contribution in [3.8, 4) is 17.2 Å². The number of phosphoric acid groups is 1. The minimum Gasteiger partial charge on any atom is -0.492 e. The number of nitrogens with zero attached hydrogens (tertiary/aromatic N) is 2. The lowest BCUT2D eigenvalue weighted by atomic mass is 10.0. The minimum atomic E-state index is -4.72. The minimum absolute atomic E-state index is 0.00134. The summed E-state index contributed by atoms with van der Waals surface area (Å²) in [6.45, 7) is 3.07. The molecule has 0 spiro atoms. The fraction of sp³-hybridized carbons (Fsp3) is 0.692. The average Bonchev–Trinajstić information content (AvgIpc) is 3.40. The molecule has 0 saturated heterocycles. The molecule has 85 heavy (non-hydrogen) atoms. The third-order valence-electron chi connectivity index (χ3n) is 15.0. The van der Waals surface area contributed by atoms with E-state index in [1.807, 2.05) is 43.3 Å². The molecule has 4 aromatic rings. The zero-order valence-electron chi connectivity index (χ0n) is 52.0. The number of aromatic nitrogens is 1. The molecule has 3 aromatic carbocycles. The van der Waals surface area contributed by atoms with E-state index in [0.29, 0.717) is 35.6 Å². The number of esters is 2. The van der Waals surface area contributed by atoms with Crippen LogP contribution in [0.1, 0.15) is 219 Å². The van der Waals surface area contributed by atoms with Crippen LogP contribution in [0.2, 0.25) is 0 Å². The van der Waals surface area contributed by atoms with Crippen molar-refractivity contribution in [3.63, 3.8) is 0 Å². The standard InChI is InChI=1S/C65H104N5O14P/c1-5-7-9-11-13-15-17-19-21-23-25-27-29-31-33-35-58(71)80-50-55(83-59(72)36-34-32-30-28-26-24-22-20-18-16-14-12-10-8-6-2)51-82-85(76,77)81-48-45-68-65(75)79-47-44-67-61-60(62(73)63(61)74)66-43-46-78-54-41-42-56-57(49-54)84-64(69-56)52-37-39-53(40-38-52)70(3)4/h37-42,49,55,66-67H,5-36,43-48,50-51H2,1-4H3,(H,68,75)(H,76,77). The topological polar surface area (TPSA) is 243 Å². The summed E-state index contributed by atoms with van der Waals surface area (Å²) in [5.41, 5.74) is 1.87. The van der Waals surface area contributed by atoms with E-state index in [0.717, 1.165) is 49.8 Å². The van der Waals surface area contributed by atoms with Crippen LogP contribution in [0, 0.1) is 0 Å². The molecule has 1 amide bonds. The first-order chi connectivity index (χ1) is 41.3. The van der Waals surface area contributed by atoms with Gasteiger partial charge in [-0.1, -0.05) is 194 Å². The molecule has 0 bridgehead atoms. The highest BCUT2D eigenvalue weighted by molar-refractivity contribution is 7.47. The van der Waals surface area contributed by atoms with Gasteiger partial charge in [-0.2, -0.15) is 0 Å². The number of carbonyl (C=O) groups is 3. The molecule has 4 N–H and O–H groups in total. The number of oxazole rings is 1. The number of alkyl carbamates (subject to hydrolysis) is 1. The maximum Gasteiger partial charge on any atom is 0.472 e. The molecule has 0 aliphatic carbocycles. The Bertz CT molecular complexity index is 2570. The molecule has 2 atom stereocenters. The summed E-state index contributed by atoms with van der Waals surface area (Å²) in [4.78, 5) is 79.7. The van der Waals surface area contributed by atoms with Crippen LogP contribution in [0.3, 0.4) is 0 Å². The van der Waals surface area contributed by atoms with E-state index in [1.165, 1.54) is 141 Å². The summed E-state index contributed by atoms with van der Waals surface area (Å²) < 4.78 is 51.1. The zero-order chi connectivity index (χ0) is 61.2. The van der Waals surface area contributed by atoms with Gasteiger partial charge in [0.1, 0.15) is 42.5 Å².